The number of benzene rings is 1. The fraction of sp³-hybridized carbons (Fsp3) is 0.500. The van der Waals surface area contributed by atoms with E-state index in [1.807, 2.05) is 18.2 Å². The molecule has 192 valence electrons. The average Bonchev–Trinajstić information content (AvgIpc) is 3.56. The van der Waals surface area contributed by atoms with Gasteiger partial charge in [-0.05, 0) is 56.4 Å². The molecule has 1 saturated carbocycles. The lowest BCUT2D eigenvalue weighted by Crippen LogP contribution is -2.46. The summed E-state index contributed by atoms with van der Waals surface area (Å²) in [6, 6.07) is 10.9. The molecule has 1 aliphatic carbocycles. The number of carbonyl (C=O) groups is 1. The highest BCUT2D eigenvalue weighted by Crippen LogP contribution is 2.36. The molecule has 1 unspecified atom stereocenters. The highest BCUT2D eigenvalue weighted by Gasteiger charge is 2.39. The third-order valence-electron chi connectivity index (χ3n) is 7.39. The summed E-state index contributed by atoms with van der Waals surface area (Å²) in [5, 5.41) is 18.5. The highest BCUT2D eigenvalue weighted by atomic mass is 19.4. The van der Waals surface area contributed by atoms with Gasteiger partial charge in [0.2, 0.25) is 6.10 Å². The van der Waals surface area contributed by atoms with Crippen LogP contribution in [-0.4, -0.2) is 57.9 Å². The molecular weight excluding hydrogens is 473 g/mol. The Morgan fingerprint density at radius 3 is 2.64 bits per heavy atom. The van der Waals surface area contributed by atoms with E-state index < -0.39 is 23.4 Å². The maximum absolute atomic E-state index is 13.0. The number of aromatic nitrogens is 1. The van der Waals surface area contributed by atoms with E-state index in [0.717, 1.165) is 31.4 Å². The first-order valence-electron chi connectivity index (χ1n) is 12.3. The molecule has 0 spiro atoms. The molecular formula is C26H29F3N4O3. The monoisotopic (exact) mass is 502 g/mol. The number of rotatable bonds is 5. The second-order valence-corrected chi connectivity index (χ2v) is 9.87. The van der Waals surface area contributed by atoms with Gasteiger partial charge < -0.3 is 20.2 Å². The molecule has 5 rings (SSSR count). The molecule has 1 saturated heterocycles. The van der Waals surface area contributed by atoms with Crippen LogP contribution in [0.2, 0.25) is 0 Å². The normalized spacial score (nSPS) is 28.6. The zero-order valence-electron chi connectivity index (χ0n) is 19.7. The molecule has 3 heterocycles. The van der Waals surface area contributed by atoms with Crippen molar-refractivity contribution in [1.29, 1.82) is 0 Å². The van der Waals surface area contributed by atoms with Crippen molar-refractivity contribution in [2.45, 2.75) is 68.5 Å². The van der Waals surface area contributed by atoms with E-state index in [1.165, 1.54) is 6.07 Å². The number of carbonyl (C=O) groups excluding carboxylic acids is 1. The standard InChI is InChI=1S/C26H29F3N4O3/c27-26(28,29)18-5-3-4-17(14-18)21-15-22(36-32-21)24(34)33-13-9-20(16-33)31-19-7-10-25(35,11-8-19)23-6-1-2-12-30-23/h1-6,12,14,19-20,22,31,35H,7-11,13,15-16H2/t19?,20-,22?,25?/m0/s1. The van der Waals surface area contributed by atoms with Gasteiger partial charge >= 0.3 is 6.18 Å². The van der Waals surface area contributed by atoms with Crippen molar-refractivity contribution in [3.63, 3.8) is 0 Å². The van der Waals surface area contributed by atoms with Gasteiger partial charge in [-0.2, -0.15) is 13.2 Å². The summed E-state index contributed by atoms with van der Waals surface area (Å²) in [6.45, 7) is 1.12. The zero-order chi connectivity index (χ0) is 25.3. The lowest BCUT2D eigenvalue weighted by molar-refractivity contribution is -0.141. The lowest BCUT2D eigenvalue weighted by Gasteiger charge is -2.37. The maximum atomic E-state index is 13.0. The topological polar surface area (TPSA) is 87.0 Å². The highest BCUT2D eigenvalue weighted by molar-refractivity contribution is 6.04. The summed E-state index contributed by atoms with van der Waals surface area (Å²) in [4.78, 5) is 24.4. The molecule has 2 N–H and O–H groups in total. The number of halogens is 3. The van der Waals surface area contributed by atoms with E-state index in [-0.39, 0.29) is 24.4 Å². The van der Waals surface area contributed by atoms with E-state index >= 15 is 0 Å². The van der Waals surface area contributed by atoms with Crippen molar-refractivity contribution in [3.8, 4) is 0 Å². The van der Waals surface area contributed by atoms with E-state index in [4.69, 9.17) is 4.84 Å². The molecule has 0 bridgehead atoms. The van der Waals surface area contributed by atoms with Gasteiger partial charge in [-0.1, -0.05) is 23.4 Å². The molecule has 2 aromatic rings. The number of likely N-dealkylation sites (tertiary alicyclic amines) is 1. The van der Waals surface area contributed by atoms with E-state index in [9.17, 15) is 23.1 Å². The van der Waals surface area contributed by atoms with Gasteiger partial charge in [-0.15, -0.1) is 0 Å². The van der Waals surface area contributed by atoms with Crippen molar-refractivity contribution in [3.05, 3.63) is 65.5 Å². The van der Waals surface area contributed by atoms with Crippen LogP contribution in [0.1, 0.15) is 55.3 Å². The molecule has 2 aliphatic heterocycles. The number of nitrogens with zero attached hydrogens (tertiary/aromatic N) is 3. The van der Waals surface area contributed by atoms with E-state index in [0.29, 0.717) is 42.9 Å². The van der Waals surface area contributed by atoms with Gasteiger partial charge in [0.1, 0.15) is 5.60 Å². The van der Waals surface area contributed by atoms with Gasteiger partial charge in [0.05, 0.1) is 17.0 Å². The Kier molecular flexibility index (Phi) is 6.74. The van der Waals surface area contributed by atoms with Crippen LogP contribution in [0.3, 0.4) is 0 Å². The third-order valence-corrected chi connectivity index (χ3v) is 7.39. The molecule has 2 atom stereocenters. The van der Waals surface area contributed by atoms with Crippen molar-refractivity contribution in [1.82, 2.24) is 15.2 Å². The fourth-order valence-corrected chi connectivity index (χ4v) is 5.35. The number of amides is 1. The maximum Gasteiger partial charge on any atom is 0.416 e. The Bertz CT molecular complexity index is 1120. The summed E-state index contributed by atoms with van der Waals surface area (Å²) in [5.74, 6) is -0.196. The summed E-state index contributed by atoms with van der Waals surface area (Å²) in [7, 11) is 0. The SMILES string of the molecule is O=C(C1CC(c2cccc(C(F)(F)F)c2)=NO1)N1CC[C@H](NC2CCC(O)(c3ccccn3)CC2)C1. The molecule has 3 aliphatic rings. The summed E-state index contributed by atoms with van der Waals surface area (Å²) >= 11 is 0. The fourth-order valence-electron chi connectivity index (χ4n) is 5.35. The Morgan fingerprint density at radius 2 is 1.92 bits per heavy atom. The molecule has 36 heavy (non-hydrogen) atoms. The Morgan fingerprint density at radius 1 is 1.11 bits per heavy atom. The number of hydrogen-bond acceptors (Lipinski definition) is 6. The Hall–Kier alpha value is -2.98. The van der Waals surface area contributed by atoms with Gasteiger partial charge in [-0.3, -0.25) is 9.78 Å². The first kappa shape index (κ1) is 24.7. The van der Waals surface area contributed by atoms with Crippen LogP contribution in [0.5, 0.6) is 0 Å². The molecule has 2 fully saturated rings. The first-order valence-corrected chi connectivity index (χ1v) is 12.3. The van der Waals surface area contributed by atoms with Crippen LogP contribution in [0.15, 0.2) is 53.8 Å². The second kappa shape index (κ2) is 9.82. The van der Waals surface area contributed by atoms with Crippen LogP contribution in [0.25, 0.3) is 0 Å². The number of pyridine rings is 1. The number of nitrogens with one attached hydrogen (secondary N) is 1. The molecule has 1 amide bonds. The van der Waals surface area contributed by atoms with Crippen LogP contribution in [0.4, 0.5) is 13.2 Å². The summed E-state index contributed by atoms with van der Waals surface area (Å²) in [5.41, 5.74) is -0.287. The number of oxime groups is 1. The summed E-state index contributed by atoms with van der Waals surface area (Å²) < 4.78 is 39.1. The molecule has 7 nitrogen and oxygen atoms in total. The smallest absolute Gasteiger partial charge is 0.384 e. The van der Waals surface area contributed by atoms with Gasteiger partial charge in [0.15, 0.2) is 0 Å². The minimum Gasteiger partial charge on any atom is -0.384 e. The van der Waals surface area contributed by atoms with Gasteiger partial charge in [0, 0.05) is 43.4 Å². The molecule has 10 heteroatoms. The quantitative estimate of drug-likeness (QED) is 0.653. The second-order valence-electron chi connectivity index (χ2n) is 9.87. The molecule has 1 aromatic heterocycles. The predicted octanol–water partition coefficient (Wildman–Crippen LogP) is 3.61. The van der Waals surface area contributed by atoms with Crippen LogP contribution in [0, 0.1) is 0 Å². The first-order chi connectivity index (χ1) is 17.2. The van der Waals surface area contributed by atoms with Crippen molar-refractivity contribution >= 4 is 11.6 Å². The Balaban J connectivity index is 1.10. The number of alkyl halides is 3. The minimum atomic E-state index is -4.45. The van der Waals surface area contributed by atoms with Crippen LogP contribution < -0.4 is 5.32 Å². The minimum absolute atomic E-state index is 0.142. The Labute approximate surface area is 207 Å². The largest absolute Gasteiger partial charge is 0.416 e. The van der Waals surface area contributed by atoms with Crippen LogP contribution >= 0.6 is 0 Å². The predicted molar refractivity (Wildman–Crippen MR) is 126 cm³/mol. The zero-order valence-corrected chi connectivity index (χ0v) is 19.7. The van der Waals surface area contributed by atoms with Crippen molar-refractivity contribution < 1.29 is 27.9 Å². The third kappa shape index (κ3) is 5.24. The average molecular weight is 503 g/mol. The summed E-state index contributed by atoms with van der Waals surface area (Å²) in [6.07, 6.45) is 0.267. The van der Waals surface area contributed by atoms with Gasteiger partial charge in [0.25, 0.3) is 5.91 Å². The van der Waals surface area contributed by atoms with E-state index in [1.54, 1.807) is 17.2 Å². The van der Waals surface area contributed by atoms with E-state index in [2.05, 4.69) is 15.5 Å². The number of hydrogen-bond donors (Lipinski definition) is 2. The van der Waals surface area contributed by atoms with Crippen molar-refractivity contribution in [2.75, 3.05) is 13.1 Å². The van der Waals surface area contributed by atoms with Crippen molar-refractivity contribution in [2.24, 2.45) is 5.16 Å². The molecule has 0 radical (unpaired) electrons. The lowest BCUT2D eigenvalue weighted by atomic mass is 9.79. The molecule has 1 aromatic carbocycles. The number of aliphatic hydroxyl groups is 1. The van der Waals surface area contributed by atoms with Crippen LogP contribution in [-0.2, 0) is 21.4 Å². The van der Waals surface area contributed by atoms with Gasteiger partial charge in [-0.25, -0.2) is 0 Å².